The lowest BCUT2D eigenvalue weighted by molar-refractivity contribution is 0.0728. The van der Waals surface area contributed by atoms with Gasteiger partial charge in [-0.15, -0.1) is 11.8 Å². The molecule has 98 valence electrons. The van der Waals surface area contributed by atoms with Gasteiger partial charge < -0.3 is 9.32 Å². The number of carbonyl (C=O) groups excluding carboxylic acids is 1. The Balaban J connectivity index is 1.88. The molecule has 19 heavy (non-hydrogen) atoms. The van der Waals surface area contributed by atoms with E-state index in [1.54, 1.807) is 34.9 Å². The van der Waals surface area contributed by atoms with Crippen LogP contribution in [0.1, 0.15) is 21.5 Å². The zero-order chi connectivity index (χ0) is 13.2. The zero-order valence-electron chi connectivity index (χ0n) is 10.1. The summed E-state index contributed by atoms with van der Waals surface area (Å²) in [6, 6.07) is 9.72. The number of hydrogen-bond acceptors (Lipinski definition) is 3. The summed E-state index contributed by atoms with van der Waals surface area (Å²) in [5.41, 5.74) is 0.808. The summed E-state index contributed by atoms with van der Waals surface area (Å²) in [4.78, 5) is 14.0. The van der Waals surface area contributed by atoms with Gasteiger partial charge in [-0.3, -0.25) is 4.79 Å². The Kier molecular flexibility index (Phi) is 3.29. The van der Waals surface area contributed by atoms with Crippen LogP contribution in [0, 0.1) is 5.82 Å². The van der Waals surface area contributed by atoms with Crippen LogP contribution in [0.15, 0.2) is 47.1 Å². The summed E-state index contributed by atoms with van der Waals surface area (Å²) < 4.78 is 18.4. The van der Waals surface area contributed by atoms with E-state index in [0.717, 1.165) is 11.3 Å². The monoisotopic (exact) mass is 277 g/mol. The van der Waals surface area contributed by atoms with Crippen molar-refractivity contribution in [2.24, 2.45) is 0 Å². The predicted octanol–water partition coefficient (Wildman–Crippen LogP) is 3.31. The van der Waals surface area contributed by atoms with Gasteiger partial charge in [-0.2, -0.15) is 0 Å². The topological polar surface area (TPSA) is 33.5 Å². The molecule has 1 aromatic heterocycles. The average molecular weight is 277 g/mol. The van der Waals surface area contributed by atoms with E-state index in [2.05, 4.69) is 0 Å². The van der Waals surface area contributed by atoms with Crippen molar-refractivity contribution < 1.29 is 13.6 Å². The van der Waals surface area contributed by atoms with Crippen molar-refractivity contribution in [1.82, 2.24) is 4.90 Å². The highest BCUT2D eigenvalue weighted by molar-refractivity contribution is 7.99. The number of nitrogens with zero attached hydrogens (tertiary/aromatic N) is 1. The van der Waals surface area contributed by atoms with E-state index in [4.69, 9.17) is 4.42 Å². The van der Waals surface area contributed by atoms with Gasteiger partial charge in [-0.05, 0) is 29.8 Å². The summed E-state index contributed by atoms with van der Waals surface area (Å²) in [6.45, 7) is 0.644. The van der Waals surface area contributed by atoms with E-state index in [1.165, 1.54) is 18.4 Å². The van der Waals surface area contributed by atoms with Crippen LogP contribution in [0.5, 0.6) is 0 Å². The van der Waals surface area contributed by atoms with E-state index in [-0.39, 0.29) is 17.1 Å². The first kappa shape index (κ1) is 12.3. The van der Waals surface area contributed by atoms with Crippen molar-refractivity contribution in [3.05, 3.63) is 59.8 Å². The van der Waals surface area contributed by atoms with Gasteiger partial charge in [0.2, 0.25) is 0 Å². The Bertz CT molecular complexity index is 585. The van der Waals surface area contributed by atoms with Crippen molar-refractivity contribution in [2.45, 2.75) is 5.37 Å². The maximum absolute atomic E-state index is 13.3. The standard InChI is InChI=1S/C14H12FNO2S/c15-11-4-1-3-10(9-11)14-16(6-8-19-14)13(17)12-5-2-7-18-12/h1-5,7,9,14H,6,8H2. The van der Waals surface area contributed by atoms with Crippen LogP contribution in [0.4, 0.5) is 4.39 Å². The molecule has 1 saturated heterocycles. The first-order chi connectivity index (χ1) is 9.25. The minimum absolute atomic E-state index is 0.145. The molecule has 5 heteroatoms. The lowest BCUT2D eigenvalue weighted by Gasteiger charge is -2.23. The maximum Gasteiger partial charge on any atom is 0.290 e. The fraction of sp³-hybridized carbons (Fsp3) is 0.214. The molecule has 1 amide bonds. The molecule has 3 nitrogen and oxygen atoms in total. The van der Waals surface area contributed by atoms with E-state index in [9.17, 15) is 9.18 Å². The van der Waals surface area contributed by atoms with Gasteiger partial charge in [0.1, 0.15) is 11.2 Å². The van der Waals surface area contributed by atoms with Crippen LogP contribution >= 0.6 is 11.8 Å². The van der Waals surface area contributed by atoms with E-state index in [0.29, 0.717) is 12.3 Å². The Morgan fingerprint density at radius 1 is 1.37 bits per heavy atom. The van der Waals surface area contributed by atoms with Crippen LogP contribution in [0.2, 0.25) is 0 Å². The highest BCUT2D eigenvalue weighted by Crippen LogP contribution is 2.38. The first-order valence-corrected chi connectivity index (χ1v) is 7.02. The van der Waals surface area contributed by atoms with Crippen LogP contribution in [0.25, 0.3) is 0 Å². The smallest absolute Gasteiger partial charge is 0.290 e. The molecular formula is C14H12FNO2S. The molecule has 0 spiro atoms. The van der Waals surface area contributed by atoms with Gasteiger partial charge in [-0.1, -0.05) is 12.1 Å². The van der Waals surface area contributed by atoms with Crippen LogP contribution in [-0.4, -0.2) is 23.1 Å². The lowest BCUT2D eigenvalue weighted by Crippen LogP contribution is -2.30. The van der Waals surface area contributed by atoms with Crippen molar-refractivity contribution >= 4 is 17.7 Å². The summed E-state index contributed by atoms with van der Waals surface area (Å²) in [7, 11) is 0. The maximum atomic E-state index is 13.3. The van der Waals surface area contributed by atoms with Crippen LogP contribution in [-0.2, 0) is 0 Å². The molecule has 3 rings (SSSR count). The molecule has 0 saturated carbocycles. The largest absolute Gasteiger partial charge is 0.459 e. The molecule has 2 aromatic rings. The Morgan fingerprint density at radius 2 is 2.26 bits per heavy atom. The third-order valence-electron chi connectivity index (χ3n) is 3.02. The zero-order valence-corrected chi connectivity index (χ0v) is 10.9. The second kappa shape index (κ2) is 5.09. The summed E-state index contributed by atoms with van der Waals surface area (Å²) in [6.07, 6.45) is 1.48. The number of amides is 1. The number of benzene rings is 1. The van der Waals surface area contributed by atoms with Crippen LogP contribution < -0.4 is 0 Å². The molecule has 1 aromatic carbocycles. The molecule has 1 atom stereocenters. The van der Waals surface area contributed by atoms with Crippen molar-refractivity contribution in [3.63, 3.8) is 0 Å². The lowest BCUT2D eigenvalue weighted by atomic mass is 10.2. The molecule has 0 aliphatic carbocycles. The number of thioether (sulfide) groups is 1. The number of hydrogen-bond donors (Lipinski definition) is 0. The van der Waals surface area contributed by atoms with Gasteiger partial charge in [0.05, 0.1) is 6.26 Å². The summed E-state index contributed by atoms with van der Waals surface area (Å²) in [5.74, 6) is 0.733. The van der Waals surface area contributed by atoms with Gasteiger partial charge in [0.15, 0.2) is 5.76 Å². The third kappa shape index (κ3) is 2.38. The quantitative estimate of drug-likeness (QED) is 0.844. The molecule has 1 aliphatic rings. The average Bonchev–Trinajstić information content (AvgIpc) is 3.09. The molecule has 1 unspecified atom stereocenters. The second-order valence-electron chi connectivity index (χ2n) is 4.25. The van der Waals surface area contributed by atoms with Crippen molar-refractivity contribution in [2.75, 3.05) is 12.3 Å². The third-order valence-corrected chi connectivity index (χ3v) is 4.28. The van der Waals surface area contributed by atoms with Gasteiger partial charge in [0.25, 0.3) is 5.91 Å². The fourth-order valence-electron chi connectivity index (χ4n) is 2.16. The SMILES string of the molecule is O=C(c1ccco1)N1CCSC1c1cccc(F)c1. The predicted molar refractivity (Wildman–Crippen MR) is 71.3 cm³/mol. The van der Waals surface area contributed by atoms with Crippen LogP contribution in [0.3, 0.4) is 0 Å². The number of carbonyl (C=O) groups is 1. The first-order valence-electron chi connectivity index (χ1n) is 5.97. The highest BCUT2D eigenvalue weighted by Gasteiger charge is 2.32. The highest BCUT2D eigenvalue weighted by atomic mass is 32.2. The fourth-order valence-corrected chi connectivity index (χ4v) is 3.40. The molecule has 2 heterocycles. The van der Waals surface area contributed by atoms with E-state index < -0.39 is 0 Å². The minimum atomic E-state index is -0.282. The van der Waals surface area contributed by atoms with E-state index >= 15 is 0 Å². The second-order valence-corrected chi connectivity index (χ2v) is 5.44. The number of furan rings is 1. The summed E-state index contributed by atoms with van der Waals surface area (Å²) in [5, 5.41) is -0.145. The summed E-state index contributed by atoms with van der Waals surface area (Å²) >= 11 is 1.63. The molecule has 0 bridgehead atoms. The van der Waals surface area contributed by atoms with Crippen molar-refractivity contribution in [1.29, 1.82) is 0 Å². The number of rotatable bonds is 2. The molecular weight excluding hydrogens is 265 g/mol. The van der Waals surface area contributed by atoms with Crippen molar-refractivity contribution in [3.8, 4) is 0 Å². The Hall–Kier alpha value is -1.75. The molecule has 1 aliphatic heterocycles. The normalized spacial score (nSPS) is 18.8. The van der Waals surface area contributed by atoms with E-state index in [1.807, 2.05) is 6.07 Å². The van der Waals surface area contributed by atoms with Gasteiger partial charge >= 0.3 is 0 Å². The molecule has 1 fully saturated rings. The molecule has 0 radical (unpaired) electrons. The van der Waals surface area contributed by atoms with Gasteiger partial charge in [0, 0.05) is 12.3 Å². The Morgan fingerprint density at radius 3 is 3.00 bits per heavy atom. The van der Waals surface area contributed by atoms with Gasteiger partial charge in [-0.25, -0.2) is 4.39 Å². The Labute approximate surface area is 114 Å². The molecule has 0 N–H and O–H groups in total. The number of halogens is 1. The minimum Gasteiger partial charge on any atom is -0.459 e.